The van der Waals surface area contributed by atoms with Crippen LogP contribution in [0.2, 0.25) is 0 Å². The second-order valence-corrected chi connectivity index (χ2v) is 3.87. The molecule has 0 aliphatic rings. The van der Waals surface area contributed by atoms with Gasteiger partial charge in [0.15, 0.2) is 0 Å². The standard InChI is InChI=1S/C11H19N3O2/c1-5-7-12-8-9-13-10(14-16-9)11(3,4)15-6-2/h5,12H,1,6-8H2,2-4H3. The monoisotopic (exact) mass is 225 g/mol. The molecule has 5 heteroatoms. The molecule has 0 bridgehead atoms. The summed E-state index contributed by atoms with van der Waals surface area (Å²) in [4.78, 5) is 4.27. The Morgan fingerprint density at radius 2 is 2.31 bits per heavy atom. The summed E-state index contributed by atoms with van der Waals surface area (Å²) in [5.41, 5.74) is -0.505. The van der Waals surface area contributed by atoms with Crippen LogP contribution in [0, 0.1) is 0 Å². The van der Waals surface area contributed by atoms with Gasteiger partial charge in [0.25, 0.3) is 0 Å². The van der Waals surface area contributed by atoms with E-state index in [-0.39, 0.29) is 0 Å². The van der Waals surface area contributed by atoms with Crippen molar-refractivity contribution < 1.29 is 9.26 Å². The maximum atomic E-state index is 5.53. The molecule has 0 spiro atoms. The summed E-state index contributed by atoms with van der Waals surface area (Å²) >= 11 is 0. The van der Waals surface area contributed by atoms with Crippen LogP contribution in [0.5, 0.6) is 0 Å². The molecule has 16 heavy (non-hydrogen) atoms. The highest BCUT2D eigenvalue weighted by Gasteiger charge is 2.26. The van der Waals surface area contributed by atoms with Crippen LogP contribution in [-0.4, -0.2) is 23.3 Å². The number of hydrogen-bond donors (Lipinski definition) is 1. The lowest BCUT2D eigenvalue weighted by molar-refractivity contribution is -0.0221. The first-order chi connectivity index (χ1) is 7.60. The van der Waals surface area contributed by atoms with Gasteiger partial charge < -0.3 is 14.6 Å². The van der Waals surface area contributed by atoms with E-state index in [4.69, 9.17) is 9.26 Å². The van der Waals surface area contributed by atoms with Crippen molar-refractivity contribution in [1.29, 1.82) is 0 Å². The van der Waals surface area contributed by atoms with Crippen molar-refractivity contribution in [2.45, 2.75) is 32.9 Å². The summed E-state index contributed by atoms with van der Waals surface area (Å²) in [6, 6.07) is 0. The van der Waals surface area contributed by atoms with Crippen LogP contribution in [0.25, 0.3) is 0 Å². The minimum absolute atomic E-state index is 0.505. The zero-order valence-corrected chi connectivity index (χ0v) is 10.1. The van der Waals surface area contributed by atoms with E-state index in [1.165, 1.54) is 0 Å². The molecule has 1 N–H and O–H groups in total. The molecule has 0 amide bonds. The van der Waals surface area contributed by atoms with Crippen molar-refractivity contribution in [3.05, 3.63) is 24.4 Å². The number of rotatable bonds is 7. The highest BCUT2D eigenvalue weighted by molar-refractivity contribution is 4.97. The van der Waals surface area contributed by atoms with Gasteiger partial charge in [-0.15, -0.1) is 6.58 Å². The van der Waals surface area contributed by atoms with Crippen molar-refractivity contribution in [2.24, 2.45) is 0 Å². The topological polar surface area (TPSA) is 60.2 Å². The minimum atomic E-state index is -0.505. The molecular formula is C11H19N3O2. The fourth-order valence-electron chi connectivity index (χ4n) is 1.28. The summed E-state index contributed by atoms with van der Waals surface area (Å²) in [5, 5.41) is 7.00. The van der Waals surface area contributed by atoms with Gasteiger partial charge >= 0.3 is 0 Å². The lowest BCUT2D eigenvalue weighted by Gasteiger charge is -2.19. The number of aromatic nitrogens is 2. The third-order valence-electron chi connectivity index (χ3n) is 2.08. The molecule has 0 unspecified atom stereocenters. The Morgan fingerprint density at radius 3 is 2.94 bits per heavy atom. The van der Waals surface area contributed by atoms with Gasteiger partial charge in [-0.05, 0) is 20.8 Å². The van der Waals surface area contributed by atoms with Gasteiger partial charge in [0.2, 0.25) is 11.7 Å². The van der Waals surface area contributed by atoms with E-state index in [2.05, 4.69) is 22.0 Å². The quantitative estimate of drug-likeness (QED) is 0.564. The molecular weight excluding hydrogens is 206 g/mol. The van der Waals surface area contributed by atoms with Gasteiger partial charge in [0, 0.05) is 13.2 Å². The van der Waals surface area contributed by atoms with Gasteiger partial charge in [-0.2, -0.15) is 4.98 Å². The van der Waals surface area contributed by atoms with Crippen molar-refractivity contribution in [1.82, 2.24) is 15.5 Å². The first kappa shape index (κ1) is 12.9. The molecule has 0 aliphatic heterocycles. The number of nitrogens with zero attached hydrogens (tertiary/aromatic N) is 2. The van der Waals surface area contributed by atoms with E-state index >= 15 is 0 Å². The first-order valence-corrected chi connectivity index (χ1v) is 5.38. The molecule has 0 radical (unpaired) electrons. The van der Waals surface area contributed by atoms with Gasteiger partial charge in [-0.1, -0.05) is 11.2 Å². The molecule has 1 aromatic rings. The second-order valence-electron chi connectivity index (χ2n) is 3.87. The highest BCUT2D eigenvalue weighted by Crippen LogP contribution is 2.21. The zero-order chi connectivity index (χ0) is 12.0. The Bertz CT molecular complexity index is 334. The fourth-order valence-corrected chi connectivity index (χ4v) is 1.28. The predicted molar refractivity (Wildman–Crippen MR) is 60.9 cm³/mol. The van der Waals surface area contributed by atoms with E-state index < -0.39 is 5.60 Å². The maximum Gasteiger partial charge on any atom is 0.240 e. The summed E-state index contributed by atoms with van der Waals surface area (Å²) < 4.78 is 10.6. The smallest absolute Gasteiger partial charge is 0.240 e. The summed E-state index contributed by atoms with van der Waals surface area (Å²) in [6.45, 7) is 11.3. The number of nitrogens with one attached hydrogen (secondary N) is 1. The Kier molecular flexibility index (Phi) is 4.64. The fraction of sp³-hybridized carbons (Fsp3) is 0.636. The third-order valence-corrected chi connectivity index (χ3v) is 2.08. The normalized spacial score (nSPS) is 11.7. The largest absolute Gasteiger partial charge is 0.368 e. The molecule has 0 fully saturated rings. The van der Waals surface area contributed by atoms with Crippen LogP contribution in [0.4, 0.5) is 0 Å². The Labute approximate surface area is 95.9 Å². The molecule has 0 aromatic carbocycles. The lowest BCUT2D eigenvalue weighted by Crippen LogP contribution is -2.23. The molecule has 0 saturated heterocycles. The molecule has 1 aromatic heterocycles. The average Bonchev–Trinajstić information content (AvgIpc) is 2.67. The molecule has 0 atom stereocenters. The van der Waals surface area contributed by atoms with Crippen LogP contribution >= 0.6 is 0 Å². The highest BCUT2D eigenvalue weighted by atomic mass is 16.5. The van der Waals surface area contributed by atoms with Crippen molar-refractivity contribution in [2.75, 3.05) is 13.2 Å². The van der Waals surface area contributed by atoms with E-state index in [0.29, 0.717) is 31.4 Å². The van der Waals surface area contributed by atoms with Gasteiger partial charge in [0.1, 0.15) is 5.60 Å². The van der Waals surface area contributed by atoms with E-state index in [9.17, 15) is 0 Å². The predicted octanol–water partition coefficient (Wildman–Crippen LogP) is 1.62. The molecule has 1 heterocycles. The van der Waals surface area contributed by atoms with E-state index in [0.717, 1.165) is 0 Å². The Balaban J connectivity index is 2.59. The van der Waals surface area contributed by atoms with E-state index in [1.807, 2.05) is 20.8 Å². The second kappa shape index (κ2) is 5.77. The van der Waals surface area contributed by atoms with Gasteiger partial charge in [0.05, 0.1) is 6.54 Å². The molecule has 0 saturated carbocycles. The summed E-state index contributed by atoms with van der Waals surface area (Å²) in [5.74, 6) is 1.13. The minimum Gasteiger partial charge on any atom is -0.368 e. The van der Waals surface area contributed by atoms with Crippen molar-refractivity contribution in [3.8, 4) is 0 Å². The molecule has 1 rings (SSSR count). The molecule has 0 aliphatic carbocycles. The van der Waals surface area contributed by atoms with Gasteiger partial charge in [-0.3, -0.25) is 0 Å². The molecule has 90 valence electrons. The number of hydrogen-bond acceptors (Lipinski definition) is 5. The van der Waals surface area contributed by atoms with Crippen LogP contribution in [0.1, 0.15) is 32.5 Å². The van der Waals surface area contributed by atoms with Crippen molar-refractivity contribution >= 4 is 0 Å². The first-order valence-electron chi connectivity index (χ1n) is 5.38. The van der Waals surface area contributed by atoms with Crippen LogP contribution < -0.4 is 5.32 Å². The van der Waals surface area contributed by atoms with Crippen LogP contribution in [-0.2, 0) is 16.9 Å². The van der Waals surface area contributed by atoms with Crippen molar-refractivity contribution in [3.63, 3.8) is 0 Å². The number of ether oxygens (including phenoxy) is 1. The van der Waals surface area contributed by atoms with Gasteiger partial charge in [-0.25, -0.2) is 0 Å². The van der Waals surface area contributed by atoms with Crippen LogP contribution in [0.15, 0.2) is 17.2 Å². The van der Waals surface area contributed by atoms with Crippen LogP contribution in [0.3, 0.4) is 0 Å². The lowest BCUT2D eigenvalue weighted by atomic mass is 10.1. The Hall–Kier alpha value is -1.20. The Morgan fingerprint density at radius 1 is 1.56 bits per heavy atom. The average molecular weight is 225 g/mol. The summed E-state index contributed by atoms with van der Waals surface area (Å²) in [6.07, 6.45) is 1.78. The zero-order valence-electron chi connectivity index (χ0n) is 10.1. The third kappa shape index (κ3) is 3.43. The SMILES string of the molecule is C=CCNCc1nc(C(C)(C)OCC)no1. The maximum absolute atomic E-state index is 5.53. The van der Waals surface area contributed by atoms with E-state index in [1.54, 1.807) is 6.08 Å². The summed E-state index contributed by atoms with van der Waals surface area (Å²) in [7, 11) is 0. The molecule has 5 nitrogen and oxygen atoms in total.